The van der Waals surface area contributed by atoms with Gasteiger partial charge in [0.05, 0.1) is 0 Å². The minimum atomic E-state index is 0.291. The first-order chi connectivity index (χ1) is 9.81. The van der Waals surface area contributed by atoms with Crippen molar-refractivity contribution in [2.24, 2.45) is 0 Å². The summed E-state index contributed by atoms with van der Waals surface area (Å²) in [5.74, 6) is 0.995. The summed E-state index contributed by atoms with van der Waals surface area (Å²) in [5.41, 5.74) is 5.82. The Morgan fingerprint density at radius 1 is 0.950 bits per heavy atom. The summed E-state index contributed by atoms with van der Waals surface area (Å²) >= 11 is 1.51. The van der Waals surface area contributed by atoms with Crippen molar-refractivity contribution in [1.82, 2.24) is 15.0 Å². The van der Waals surface area contributed by atoms with Crippen LogP contribution in [0.15, 0.2) is 40.4 Å². The van der Waals surface area contributed by atoms with Gasteiger partial charge in [0.15, 0.2) is 5.16 Å². The summed E-state index contributed by atoms with van der Waals surface area (Å²) in [6.45, 7) is 2.00. The molecule has 0 spiro atoms. The van der Waals surface area contributed by atoms with Crippen molar-refractivity contribution >= 4 is 23.7 Å². The quantitative estimate of drug-likeness (QED) is 0.936. The first kappa shape index (κ1) is 13.2. The molecule has 6 heteroatoms. The lowest BCUT2D eigenvalue weighted by Crippen LogP contribution is -2.31. The van der Waals surface area contributed by atoms with Gasteiger partial charge in [0, 0.05) is 18.0 Å². The standard InChI is InChI=1S/C14H17N5S/c15-12-16-13(19-9-5-2-6-10-19)18-14(17-12)20-11-7-3-1-4-8-11/h1,3-4,7-8H,2,5-6,9-10H2,(H2,15,16,17,18). The molecule has 3 rings (SSSR count). The van der Waals surface area contributed by atoms with Gasteiger partial charge in [0.25, 0.3) is 0 Å². The number of nitrogen functional groups attached to an aromatic ring is 1. The van der Waals surface area contributed by atoms with E-state index in [1.165, 1.54) is 31.0 Å². The van der Waals surface area contributed by atoms with Crippen LogP contribution in [-0.2, 0) is 0 Å². The Labute approximate surface area is 122 Å². The Morgan fingerprint density at radius 2 is 1.70 bits per heavy atom. The highest BCUT2D eigenvalue weighted by Crippen LogP contribution is 2.26. The summed E-state index contributed by atoms with van der Waals surface area (Å²) in [6.07, 6.45) is 3.65. The third kappa shape index (κ3) is 3.19. The van der Waals surface area contributed by atoms with Gasteiger partial charge in [-0.1, -0.05) is 18.2 Å². The maximum Gasteiger partial charge on any atom is 0.231 e. The molecular formula is C14H17N5S. The molecule has 2 aromatic rings. The molecule has 0 radical (unpaired) electrons. The topological polar surface area (TPSA) is 67.9 Å². The molecule has 0 atom stereocenters. The van der Waals surface area contributed by atoms with Gasteiger partial charge in [0.2, 0.25) is 11.9 Å². The zero-order chi connectivity index (χ0) is 13.8. The Hall–Kier alpha value is -1.82. The molecular weight excluding hydrogens is 270 g/mol. The van der Waals surface area contributed by atoms with Gasteiger partial charge in [-0.2, -0.15) is 15.0 Å². The van der Waals surface area contributed by atoms with Crippen molar-refractivity contribution in [2.45, 2.75) is 29.3 Å². The van der Waals surface area contributed by atoms with Crippen molar-refractivity contribution in [1.29, 1.82) is 0 Å². The first-order valence-electron chi connectivity index (χ1n) is 6.81. The lowest BCUT2D eigenvalue weighted by atomic mass is 10.1. The summed E-state index contributed by atoms with van der Waals surface area (Å²) in [4.78, 5) is 16.3. The molecule has 1 aromatic heterocycles. The van der Waals surface area contributed by atoms with Crippen LogP contribution in [0.2, 0.25) is 0 Å². The maximum atomic E-state index is 5.82. The van der Waals surface area contributed by atoms with Crippen LogP contribution in [0.4, 0.5) is 11.9 Å². The second-order valence-electron chi connectivity index (χ2n) is 4.74. The van der Waals surface area contributed by atoms with Crippen LogP contribution in [0.25, 0.3) is 0 Å². The number of nitrogens with zero attached hydrogens (tertiary/aromatic N) is 4. The molecule has 1 aromatic carbocycles. The van der Waals surface area contributed by atoms with Gasteiger partial charge in [-0.05, 0) is 43.2 Å². The predicted molar refractivity (Wildman–Crippen MR) is 80.9 cm³/mol. The number of nitrogens with two attached hydrogens (primary N) is 1. The van der Waals surface area contributed by atoms with E-state index in [2.05, 4.69) is 19.9 Å². The number of hydrogen-bond donors (Lipinski definition) is 1. The zero-order valence-electron chi connectivity index (χ0n) is 11.2. The van der Waals surface area contributed by atoms with Crippen LogP contribution in [0.1, 0.15) is 19.3 Å². The largest absolute Gasteiger partial charge is 0.368 e. The van der Waals surface area contributed by atoms with Gasteiger partial charge in [0.1, 0.15) is 0 Å². The minimum absolute atomic E-state index is 0.291. The summed E-state index contributed by atoms with van der Waals surface area (Å²) in [7, 11) is 0. The number of rotatable bonds is 3. The molecule has 0 saturated carbocycles. The fourth-order valence-corrected chi connectivity index (χ4v) is 3.01. The first-order valence-corrected chi connectivity index (χ1v) is 7.62. The lowest BCUT2D eigenvalue weighted by Gasteiger charge is -2.26. The van der Waals surface area contributed by atoms with E-state index < -0.39 is 0 Å². The molecule has 104 valence electrons. The Bertz CT molecular complexity index is 569. The molecule has 20 heavy (non-hydrogen) atoms. The van der Waals surface area contributed by atoms with Crippen LogP contribution in [-0.4, -0.2) is 28.0 Å². The molecule has 1 saturated heterocycles. The van der Waals surface area contributed by atoms with E-state index in [1.54, 1.807) is 0 Å². The predicted octanol–water partition coefficient (Wildman–Crippen LogP) is 2.60. The van der Waals surface area contributed by atoms with Crippen molar-refractivity contribution in [2.75, 3.05) is 23.7 Å². The molecule has 2 heterocycles. The van der Waals surface area contributed by atoms with Crippen molar-refractivity contribution in [3.05, 3.63) is 30.3 Å². The molecule has 2 N–H and O–H groups in total. The Morgan fingerprint density at radius 3 is 2.45 bits per heavy atom. The maximum absolute atomic E-state index is 5.82. The fraction of sp³-hybridized carbons (Fsp3) is 0.357. The minimum Gasteiger partial charge on any atom is -0.368 e. The number of hydrogen-bond acceptors (Lipinski definition) is 6. The Balaban J connectivity index is 1.82. The van der Waals surface area contributed by atoms with Crippen molar-refractivity contribution < 1.29 is 0 Å². The van der Waals surface area contributed by atoms with E-state index in [-0.39, 0.29) is 0 Å². The van der Waals surface area contributed by atoms with E-state index in [0.717, 1.165) is 18.0 Å². The second-order valence-corrected chi connectivity index (χ2v) is 5.78. The van der Waals surface area contributed by atoms with E-state index in [9.17, 15) is 0 Å². The van der Waals surface area contributed by atoms with Crippen LogP contribution in [0, 0.1) is 0 Å². The molecule has 5 nitrogen and oxygen atoms in total. The number of anilines is 2. The number of piperidine rings is 1. The SMILES string of the molecule is Nc1nc(Sc2ccccc2)nc(N2CCCCC2)n1. The second kappa shape index (κ2) is 6.09. The van der Waals surface area contributed by atoms with Gasteiger partial charge in [-0.25, -0.2) is 0 Å². The van der Waals surface area contributed by atoms with Crippen LogP contribution in [0.5, 0.6) is 0 Å². The Kier molecular flexibility index (Phi) is 4.01. The highest BCUT2D eigenvalue weighted by molar-refractivity contribution is 7.99. The summed E-state index contributed by atoms with van der Waals surface area (Å²) in [5, 5.41) is 0.657. The van der Waals surface area contributed by atoms with Crippen LogP contribution < -0.4 is 10.6 Å². The molecule has 0 bridgehead atoms. The van der Waals surface area contributed by atoms with E-state index >= 15 is 0 Å². The van der Waals surface area contributed by atoms with Crippen LogP contribution >= 0.6 is 11.8 Å². The third-order valence-electron chi connectivity index (χ3n) is 3.21. The van der Waals surface area contributed by atoms with Crippen LogP contribution in [0.3, 0.4) is 0 Å². The van der Waals surface area contributed by atoms with Gasteiger partial charge >= 0.3 is 0 Å². The summed E-state index contributed by atoms with van der Waals surface area (Å²) < 4.78 is 0. The molecule has 0 amide bonds. The average Bonchev–Trinajstić information content (AvgIpc) is 2.49. The van der Waals surface area contributed by atoms with E-state index in [4.69, 9.17) is 5.73 Å². The third-order valence-corrected chi connectivity index (χ3v) is 4.08. The van der Waals surface area contributed by atoms with Gasteiger partial charge < -0.3 is 10.6 Å². The monoisotopic (exact) mass is 287 g/mol. The average molecular weight is 287 g/mol. The normalized spacial score (nSPS) is 15.3. The molecule has 1 aliphatic heterocycles. The van der Waals surface area contributed by atoms with E-state index in [0.29, 0.717) is 17.1 Å². The summed E-state index contributed by atoms with van der Waals surface area (Å²) in [6, 6.07) is 10.1. The zero-order valence-corrected chi connectivity index (χ0v) is 12.0. The van der Waals surface area contributed by atoms with Crippen molar-refractivity contribution in [3.63, 3.8) is 0 Å². The number of benzene rings is 1. The number of aromatic nitrogens is 3. The highest BCUT2D eigenvalue weighted by atomic mass is 32.2. The van der Waals surface area contributed by atoms with Gasteiger partial charge in [-0.3, -0.25) is 0 Å². The molecule has 0 aliphatic carbocycles. The van der Waals surface area contributed by atoms with Crippen molar-refractivity contribution in [3.8, 4) is 0 Å². The molecule has 1 fully saturated rings. The lowest BCUT2D eigenvalue weighted by molar-refractivity contribution is 0.565. The smallest absolute Gasteiger partial charge is 0.231 e. The van der Waals surface area contributed by atoms with Gasteiger partial charge in [-0.15, -0.1) is 0 Å². The van der Waals surface area contributed by atoms with E-state index in [1.807, 2.05) is 30.3 Å². The molecule has 1 aliphatic rings. The fourth-order valence-electron chi connectivity index (χ4n) is 2.24. The molecule has 0 unspecified atom stereocenters. The highest BCUT2D eigenvalue weighted by Gasteiger charge is 2.15.